The van der Waals surface area contributed by atoms with Crippen LogP contribution in [-0.2, 0) is 0 Å². The Bertz CT molecular complexity index is 464. The van der Waals surface area contributed by atoms with Crippen LogP contribution in [0.25, 0.3) is 0 Å². The van der Waals surface area contributed by atoms with Gasteiger partial charge in [0.2, 0.25) is 17.8 Å². The fourth-order valence-corrected chi connectivity index (χ4v) is 2.74. The molecule has 0 saturated heterocycles. The van der Waals surface area contributed by atoms with Crippen molar-refractivity contribution in [2.45, 2.75) is 60.5 Å². The maximum absolute atomic E-state index is 4.58. The highest BCUT2D eigenvalue weighted by molar-refractivity contribution is 5.43. The Morgan fingerprint density at radius 3 is 1.83 bits per heavy atom. The highest BCUT2D eigenvalue weighted by atomic mass is 15.3. The maximum Gasteiger partial charge on any atom is 0.231 e. The van der Waals surface area contributed by atoms with Gasteiger partial charge in [0.15, 0.2) is 0 Å². The summed E-state index contributed by atoms with van der Waals surface area (Å²) < 4.78 is 0. The van der Waals surface area contributed by atoms with E-state index < -0.39 is 0 Å². The second-order valence-corrected chi connectivity index (χ2v) is 6.34. The zero-order valence-corrected chi connectivity index (χ0v) is 16.4. The average Bonchev–Trinajstić information content (AvgIpc) is 2.52. The van der Waals surface area contributed by atoms with Crippen LogP contribution in [-0.4, -0.2) is 64.7 Å². The van der Waals surface area contributed by atoms with Gasteiger partial charge in [0.05, 0.1) is 0 Å². The van der Waals surface area contributed by atoms with E-state index in [0.29, 0.717) is 24.0 Å². The van der Waals surface area contributed by atoms with E-state index in [0.717, 1.165) is 38.7 Å². The minimum atomic E-state index is 0.522. The average molecular weight is 338 g/mol. The van der Waals surface area contributed by atoms with Crippen molar-refractivity contribution >= 4 is 17.8 Å². The Balaban J connectivity index is 2.82. The van der Waals surface area contributed by atoms with Gasteiger partial charge in [0.25, 0.3) is 0 Å². The third-order valence-corrected chi connectivity index (χ3v) is 3.98. The van der Waals surface area contributed by atoms with Crippen molar-refractivity contribution in [2.24, 2.45) is 0 Å². The second kappa shape index (κ2) is 10.3. The molecule has 0 aliphatic heterocycles. The molecule has 2 N–H and O–H groups in total. The molecule has 0 saturated carbocycles. The van der Waals surface area contributed by atoms with Crippen molar-refractivity contribution in [2.75, 3.05) is 48.3 Å². The van der Waals surface area contributed by atoms with Crippen molar-refractivity contribution in [3.05, 3.63) is 0 Å². The van der Waals surface area contributed by atoms with Crippen molar-refractivity contribution in [1.29, 1.82) is 0 Å². The van der Waals surface area contributed by atoms with Crippen LogP contribution in [0.4, 0.5) is 17.8 Å². The van der Waals surface area contributed by atoms with Gasteiger partial charge in [-0.15, -0.1) is 0 Å². The highest BCUT2D eigenvalue weighted by Gasteiger charge is 2.14. The molecule has 138 valence electrons. The van der Waals surface area contributed by atoms with Gasteiger partial charge in [-0.2, -0.15) is 15.0 Å². The summed E-state index contributed by atoms with van der Waals surface area (Å²) in [4.78, 5) is 18.1. The van der Waals surface area contributed by atoms with Gasteiger partial charge in [0, 0.05) is 44.8 Å². The molecular formula is C17H35N7. The van der Waals surface area contributed by atoms with Crippen LogP contribution in [0.2, 0.25) is 0 Å². The molecule has 0 aliphatic rings. The van der Waals surface area contributed by atoms with Gasteiger partial charge < -0.3 is 15.5 Å². The number of rotatable bonds is 11. The molecule has 0 radical (unpaired) electrons. The van der Waals surface area contributed by atoms with Crippen LogP contribution in [0.15, 0.2) is 0 Å². The van der Waals surface area contributed by atoms with E-state index in [-0.39, 0.29) is 0 Å². The van der Waals surface area contributed by atoms with Gasteiger partial charge in [0.1, 0.15) is 0 Å². The van der Waals surface area contributed by atoms with Crippen molar-refractivity contribution < 1.29 is 0 Å². The summed E-state index contributed by atoms with van der Waals surface area (Å²) in [5.41, 5.74) is 0. The summed E-state index contributed by atoms with van der Waals surface area (Å²) >= 11 is 0. The van der Waals surface area contributed by atoms with Crippen molar-refractivity contribution in [3.8, 4) is 0 Å². The first-order valence-electron chi connectivity index (χ1n) is 9.17. The Morgan fingerprint density at radius 1 is 0.833 bits per heavy atom. The minimum Gasteiger partial charge on any atom is -0.354 e. The molecule has 1 rings (SSSR count). The summed E-state index contributed by atoms with van der Waals surface area (Å²) in [6, 6.07) is 1.04. The predicted molar refractivity (Wildman–Crippen MR) is 103 cm³/mol. The van der Waals surface area contributed by atoms with Crippen LogP contribution in [0.1, 0.15) is 48.5 Å². The summed E-state index contributed by atoms with van der Waals surface area (Å²) in [6.45, 7) is 19.5. The van der Waals surface area contributed by atoms with Gasteiger partial charge >= 0.3 is 0 Å². The van der Waals surface area contributed by atoms with Gasteiger partial charge in [-0.05, 0) is 48.5 Å². The molecule has 0 unspecified atom stereocenters. The Morgan fingerprint density at radius 2 is 1.38 bits per heavy atom. The molecule has 0 bridgehead atoms. The van der Waals surface area contributed by atoms with Crippen LogP contribution in [0, 0.1) is 0 Å². The fourth-order valence-electron chi connectivity index (χ4n) is 2.74. The van der Waals surface area contributed by atoms with Crippen LogP contribution < -0.4 is 15.5 Å². The van der Waals surface area contributed by atoms with Crippen molar-refractivity contribution in [1.82, 2.24) is 19.9 Å². The van der Waals surface area contributed by atoms with E-state index in [1.54, 1.807) is 0 Å². The van der Waals surface area contributed by atoms with Gasteiger partial charge in [-0.25, -0.2) is 0 Å². The number of aromatic nitrogens is 3. The molecule has 0 fully saturated rings. The first-order chi connectivity index (χ1) is 11.4. The van der Waals surface area contributed by atoms with Crippen LogP contribution in [0.3, 0.4) is 0 Å². The Labute approximate surface area is 147 Å². The molecule has 24 heavy (non-hydrogen) atoms. The number of nitrogens with zero attached hydrogens (tertiary/aromatic N) is 5. The van der Waals surface area contributed by atoms with Crippen LogP contribution in [0.5, 0.6) is 0 Å². The van der Waals surface area contributed by atoms with Crippen LogP contribution >= 0.6 is 0 Å². The lowest BCUT2D eigenvalue weighted by molar-refractivity contribution is 0.182. The van der Waals surface area contributed by atoms with E-state index in [2.05, 4.69) is 76.9 Å². The number of nitrogens with one attached hydrogen (secondary N) is 2. The zero-order chi connectivity index (χ0) is 18.1. The van der Waals surface area contributed by atoms with E-state index in [9.17, 15) is 0 Å². The van der Waals surface area contributed by atoms with E-state index in [1.807, 2.05) is 6.92 Å². The lowest BCUT2D eigenvalue weighted by atomic mass is 10.2. The van der Waals surface area contributed by atoms with E-state index in [4.69, 9.17) is 0 Å². The summed E-state index contributed by atoms with van der Waals surface area (Å²) in [7, 11) is 0. The molecule has 1 heterocycles. The molecule has 7 heteroatoms. The maximum atomic E-state index is 4.58. The molecule has 7 nitrogen and oxygen atoms in total. The monoisotopic (exact) mass is 337 g/mol. The lowest BCUT2D eigenvalue weighted by Gasteiger charge is -2.30. The fraction of sp³-hybridized carbons (Fsp3) is 0.824. The molecule has 0 atom stereocenters. The molecular weight excluding hydrogens is 302 g/mol. The van der Waals surface area contributed by atoms with E-state index >= 15 is 0 Å². The molecule has 0 aromatic carbocycles. The van der Waals surface area contributed by atoms with Gasteiger partial charge in [-0.3, -0.25) is 4.90 Å². The van der Waals surface area contributed by atoms with E-state index in [1.165, 1.54) is 0 Å². The normalized spacial score (nSPS) is 11.4. The topological polar surface area (TPSA) is 69.2 Å². The number of hydrogen-bond acceptors (Lipinski definition) is 7. The molecule has 1 aromatic rings. The Hall–Kier alpha value is -1.63. The molecule has 0 aliphatic carbocycles. The van der Waals surface area contributed by atoms with Gasteiger partial charge in [-0.1, -0.05) is 0 Å². The first-order valence-corrected chi connectivity index (χ1v) is 9.17. The number of anilines is 3. The SMILES string of the molecule is CCNc1nc(NCCN(C(C)C)C(C)C)nc(N(CC)CC)n1. The lowest BCUT2D eigenvalue weighted by Crippen LogP contribution is -2.40. The third kappa shape index (κ3) is 6.11. The highest BCUT2D eigenvalue weighted by Crippen LogP contribution is 2.13. The Kier molecular flexibility index (Phi) is 8.74. The quantitative estimate of drug-likeness (QED) is 0.643. The molecule has 0 amide bonds. The third-order valence-electron chi connectivity index (χ3n) is 3.98. The summed E-state index contributed by atoms with van der Waals surface area (Å²) in [5.74, 6) is 1.98. The number of hydrogen-bond donors (Lipinski definition) is 2. The van der Waals surface area contributed by atoms with Crippen molar-refractivity contribution in [3.63, 3.8) is 0 Å². The molecule has 1 aromatic heterocycles. The smallest absolute Gasteiger partial charge is 0.231 e. The standard InChI is InChI=1S/C17H35N7/c1-8-18-15-20-16(22-17(21-15)23(9-2)10-3)19-11-12-24(13(4)5)14(6)7/h13-14H,8-12H2,1-7H3,(H2,18,19,20,21,22). The summed E-state index contributed by atoms with van der Waals surface area (Å²) in [5, 5.41) is 6.54. The first kappa shape index (κ1) is 20.4. The summed E-state index contributed by atoms with van der Waals surface area (Å²) in [6.07, 6.45) is 0. The molecule has 0 spiro atoms. The minimum absolute atomic E-state index is 0.522. The zero-order valence-electron chi connectivity index (χ0n) is 16.4. The second-order valence-electron chi connectivity index (χ2n) is 6.34. The predicted octanol–water partition coefficient (Wildman–Crippen LogP) is 2.68. The largest absolute Gasteiger partial charge is 0.354 e.